The van der Waals surface area contributed by atoms with Crippen LogP contribution in [0.3, 0.4) is 0 Å². The first kappa shape index (κ1) is 14.2. The van der Waals surface area contributed by atoms with Crippen molar-refractivity contribution in [3.63, 3.8) is 0 Å². The molecule has 4 nitrogen and oxygen atoms in total. The molecule has 0 atom stereocenters. The maximum Gasteiger partial charge on any atom is 0.321 e. The van der Waals surface area contributed by atoms with Crippen LogP contribution < -0.4 is 11.1 Å². The van der Waals surface area contributed by atoms with Crippen LogP contribution in [0.15, 0.2) is 16.6 Å². The standard InChI is InChI=1S/C14H20BrN3O/c1-9-3-5-18(6-4-9)14(19)17-13-8-12(16)10(2)7-11(13)15/h7-9H,3-6,16H2,1-2H3,(H,17,19). The summed E-state index contributed by atoms with van der Waals surface area (Å²) in [5.74, 6) is 0.714. The van der Waals surface area contributed by atoms with Gasteiger partial charge in [0.2, 0.25) is 0 Å². The fourth-order valence-electron chi connectivity index (χ4n) is 2.19. The molecule has 104 valence electrons. The molecule has 19 heavy (non-hydrogen) atoms. The monoisotopic (exact) mass is 325 g/mol. The minimum absolute atomic E-state index is 0.0455. The number of aryl methyl sites for hydroxylation is 1. The Hall–Kier alpha value is -1.23. The number of hydrogen-bond donors (Lipinski definition) is 2. The lowest BCUT2D eigenvalue weighted by Gasteiger charge is -2.30. The van der Waals surface area contributed by atoms with Crippen LogP contribution in [0.25, 0.3) is 0 Å². The van der Waals surface area contributed by atoms with Crippen molar-refractivity contribution in [1.82, 2.24) is 4.90 Å². The van der Waals surface area contributed by atoms with Gasteiger partial charge in [0.15, 0.2) is 0 Å². The highest BCUT2D eigenvalue weighted by atomic mass is 79.9. The molecule has 1 aromatic carbocycles. The van der Waals surface area contributed by atoms with E-state index in [-0.39, 0.29) is 6.03 Å². The Morgan fingerprint density at radius 1 is 1.42 bits per heavy atom. The van der Waals surface area contributed by atoms with Crippen molar-refractivity contribution in [2.45, 2.75) is 26.7 Å². The van der Waals surface area contributed by atoms with E-state index in [1.54, 1.807) is 6.07 Å². The van der Waals surface area contributed by atoms with E-state index >= 15 is 0 Å². The molecule has 0 spiro atoms. The second kappa shape index (κ2) is 5.82. The molecule has 1 aromatic rings. The number of likely N-dealkylation sites (tertiary alicyclic amines) is 1. The minimum atomic E-state index is -0.0455. The summed E-state index contributed by atoms with van der Waals surface area (Å²) in [7, 11) is 0. The third kappa shape index (κ3) is 3.41. The number of nitrogens with one attached hydrogen (secondary N) is 1. The molecule has 0 radical (unpaired) electrons. The van der Waals surface area contributed by atoms with Crippen molar-refractivity contribution in [1.29, 1.82) is 0 Å². The number of nitrogens with zero attached hydrogens (tertiary/aromatic N) is 1. The lowest BCUT2D eigenvalue weighted by atomic mass is 10.00. The highest BCUT2D eigenvalue weighted by Crippen LogP contribution is 2.28. The molecular weight excluding hydrogens is 306 g/mol. The number of amides is 2. The van der Waals surface area contributed by atoms with Gasteiger partial charge in [0, 0.05) is 23.2 Å². The van der Waals surface area contributed by atoms with Crippen LogP contribution in [-0.4, -0.2) is 24.0 Å². The summed E-state index contributed by atoms with van der Waals surface area (Å²) in [6, 6.07) is 3.67. The minimum Gasteiger partial charge on any atom is -0.398 e. The van der Waals surface area contributed by atoms with Gasteiger partial charge < -0.3 is 16.0 Å². The van der Waals surface area contributed by atoms with Crippen molar-refractivity contribution in [2.75, 3.05) is 24.1 Å². The number of carbonyl (C=O) groups excluding carboxylic acids is 1. The number of halogens is 1. The number of piperidine rings is 1. The molecule has 1 aliphatic rings. The summed E-state index contributed by atoms with van der Waals surface area (Å²) in [6.45, 7) is 5.82. The van der Waals surface area contributed by atoms with Crippen LogP contribution in [0.1, 0.15) is 25.3 Å². The molecule has 3 N–H and O–H groups in total. The number of carbonyl (C=O) groups is 1. The van der Waals surface area contributed by atoms with Crippen LogP contribution in [0.5, 0.6) is 0 Å². The molecule has 2 amide bonds. The van der Waals surface area contributed by atoms with Crippen molar-refractivity contribution in [3.05, 3.63) is 22.2 Å². The van der Waals surface area contributed by atoms with Gasteiger partial charge in [-0.2, -0.15) is 0 Å². The van der Waals surface area contributed by atoms with Gasteiger partial charge in [-0.05, 0) is 59.3 Å². The third-order valence-electron chi connectivity index (χ3n) is 3.67. The van der Waals surface area contributed by atoms with Gasteiger partial charge in [-0.3, -0.25) is 0 Å². The average molecular weight is 326 g/mol. The summed E-state index contributed by atoms with van der Waals surface area (Å²) in [4.78, 5) is 14.0. The smallest absolute Gasteiger partial charge is 0.321 e. The lowest BCUT2D eigenvalue weighted by molar-refractivity contribution is 0.186. The molecule has 1 aliphatic heterocycles. The van der Waals surface area contributed by atoms with E-state index in [2.05, 4.69) is 28.2 Å². The fourth-order valence-corrected chi connectivity index (χ4v) is 2.75. The average Bonchev–Trinajstić information content (AvgIpc) is 2.36. The lowest BCUT2D eigenvalue weighted by Crippen LogP contribution is -2.40. The number of rotatable bonds is 1. The summed E-state index contributed by atoms with van der Waals surface area (Å²) in [6.07, 6.45) is 2.15. The summed E-state index contributed by atoms with van der Waals surface area (Å²) < 4.78 is 0.859. The number of urea groups is 1. The van der Waals surface area contributed by atoms with E-state index in [4.69, 9.17) is 5.73 Å². The summed E-state index contributed by atoms with van der Waals surface area (Å²) in [5.41, 5.74) is 8.29. The molecular formula is C14H20BrN3O. The Kier molecular flexibility index (Phi) is 4.34. The van der Waals surface area contributed by atoms with Crippen LogP contribution in [0, 0.1) is 12.8 Å². The van der Waals surface area contributed by atoms with Gasteiger partial charge >= 0.3 is 6.03 Å². The Labute approximate surface area is 122 Å². The van der Waals surface area contributed by atoms with Gasteiger partial charge in [0.05, 0.1) is 5.69 Å². The maximum absolute atomic E-state index is 12.2. The van der Waals surface area contributed by atoms with Crippen LogP contribution >= 0.6 is 15.9 Å². The van der Waals surface area contributed by atoms with Gasteiger partial charge in [-0.15, -0.1) is 0 Å². The molecule has 0 aliphatic carbocycles. The number of nitrogen functional groups attached to an aromatic ring is 1. The second-order valence-corrected chi connectivity index (χ2v) is 6.14. The Balaban J connectivity index is 2.05. The zero-order chi connectivity index (χ0) is 14.0. The Bertz CT molecular complexity index is 482. The predicted octanol–water partition coefficient (Wildman–Crippen LogP) is 3.60. The quantitative estimate of drug-likeness (QED) is 0.775. The normalized spacial score (nSPS) is 16.5. The number of anilines is 2. The van der Waals surface area contributed by atoms with E-state index in [1.807, 2.05) is 17.9 Å². The molecule has 1 saturated heterocycles. The van der Waals surface area contributed by atoms with E-state index in [0.29, 0.717) is 11.6 Å². The number of hydrogen-bond acceptors (Lipinski definition) is 2. The molecule has 1 fully saturated rings. The molecule has 0 saturated carbocycles. The van der Waals surface area contributed by atoms with E-state index in [1.165, 1.54) is 0 Å². The van der Waals surface area contributed by atoms with Crippen LogP contribution in [-0.2, 0) is 0 Å². The van der Waals surface area contributed by atoms with E-state index in [0.717, 1.165) is 41.7 Å². The zero-order valence-electron chi connectivity index (χ0n) is 11.4. The Morgan fingerprint density at radius 3 is 2.68 bits per heavy atom. The topological polar surface area (TPSA) is 58.4 Å². The second-order valence-electron chi connectivity index (χ2n) is 5.29. The van der Waals surface area contributed by atoms with Crippen molar-refractivity contribution >= 4 is 33.3 Å². The molecule has 1 heterocycles. The predicted molar refractivity (Wildman–Crippen MR) is 82.3 cm³/mol. The van der Waals surface area contributed by atoms with Crippen molar-refractivity contribution in [2.24, 2.45) is 5.92 Å². The molecule has 0 aromatic heterocycles. The molecule has 5 heteroatoms. The van der Waals surface area contributed by atoms with E-state index < -0.39 is 0 Å². The SMILES string of the molecule is Cc1cc(Br)c(NC(=O)N2CCC(C)CC2)cc1N. The van der Waals surface area contributed by atoms with Crippen LogP contribution in [0.2, 0.25) is 0 Å². The first-order valence-corrected chi connectivity index (χ1v) is 7.38. The first-order chi connectivity index (χ1) is 8.97. The largest absolute Gasteiger partial charge is 0.398 e. The van der Waals surface area contributed by atoms with Gasteiger partial charge in [-0.1, -0.05) is 6.92 Å². The highest BCUT2D eigenvalue weighted by Gasteiger charge is 2.20. The maximum atomic E-state index is 12.2. The summed E-state index contributed by atoms with van der Waals surface area (Å²) in [5, 5.41) is 2.92. The number of nitrogens with two attached hydrogens (primary N) is 1. The zero-order valence-corrected chi connectivity index (χ0v) is 13.0. The fraction of sp³-hybridized carbons (Fsp3) is 0.500. The van der Waals surface area contributed by atoms with Crippen LogP contribution in [0.4, 0.5) is 16.2 Å². The highest BCUT2D eigenvalue weighted by molar-refractivity contribution is 9.10. The summed E-state index contributed by atoms with van der Waals surface area (Å²) >= 11 is 3.45. The van der Waals surface area contributed by atoms with Crippen molar-refractivity contribution < 1.29 is 4.79 Å². The Morgan fingerprint density at radius 2 is 2.05 bits per heavy atom. The molecule has 2 rings (SSSR count). The first-order valence-electron chi connectivity index (χ1n) is 6.59. The molecule has 0 unspecified atom stereocenters. The van der Waals surface area contributed by atoms with E-state index in [9.17, 15) is 4.79 Å². The van der Waals surface area contributed by atoms with Crippen molar-refractivity contribution in [3.8, 4) is 0 Å². The van der Waals surface area contributed by atoms with Gasteiger partial charge in [0.1, 0.15) is 0 Å². The van der Waals surface area contributed by atoms with Gasteiger partial charge in [0.25, 0.3) is 0 Å². The molecule has 0 bridgehead atoms. The number of benzene rings is 1. The van der Waals surface area contributed by atoms with Gasteiger partial charge in [-0.25, -0.2) is 4.79 Å². The third-order valence-corrected chi connectivity index (χ3v) is 4.32.